The van der Waals surface area contributed by atoms with E-state index in [2.05, 4.69) is 5.32 Å². The Labute approximate surface area is 189 Å². The topological polar surface area (TPSA) is 73.0 Å². The van der Waals surface area contributed by atoms with E-state index in [0.29, 0.717) is 30.9 Å². The van der Waals surface area contributed by atoms with Crippen LogP contribution < -0.4 is 5.32 Å². The van der Waals surface area contributed by atoms with Crippen molar-refractivity contribution < 1.29 is 14.4 Å². The van der Waals surface area contributed by atoms with Gasteiger partial charge in [0, 0.05) is 38.8 Å². The number of thiophene rings is 2. The molecule has 9 heteroatoms. The number of piperazine rings is 1. The number of hydrogen-bond acceptors (Lipinski definition) is 6. The van der Waals surface area contributed by atoms with Crippen molar-refractivity contribution in [1.29, 1.82) is 0 Å². The number of carbonyl (C=O) groups excluding carboxylic acids is 3. The smallest absolute Gasteiger partial charge is 0.264 e. The molecule has 2 aromatic rings. The lowest BCUT2D eigenvalue weighted by Crippen LogP contribution is -2.53. The number of carbonyl (C=O) groups is 3. The summed E-state index contributed by atoms with van der Waals surface area (Å²) in [6.45, 7) is 3.26. The van der Waals surface area contributed by atoms with Crippen molar-refractivity contribution in [2.45, 2.75) is 37.4 Å². The Morgan fingerprint density at radius 3 is 2.26 bits per heavy atom. The molecule has 0 bridgehead atoms. The van der Waals surface area contributed by atoms with Crippen LogP contribution in [0.3, 0.4) is 0 Å². The Morgan fingerprint density at radius 1 is 0.968 bits per heavy atom. The lowest BCUT2D eigenvalue weighted by Gasteiger charge is -2.32. The maximum atomic E-state index is 13.4. The molecule has 164 valence electrons. The van der Waals surface area contributed by atoms with Gasteiger partial charge in [0.25, 0.3) is 11.8 Å². The van der Waals surface area contributed by atoms with Gasteiger partial charge in [-0.1, -0.05) is 12.1 Å². The standard InChI is InChI=1S/C22H26N4O3S2/c27-20(24-9-7-23-8-10-24)17-13-16(14-25(17)21(28)18-3-1-11-30-18)26(15-5-6-15)22(29)19-4-2-12-31-19/h1-4,11-12,15-17,23H,5-10,13-14H2. The summed E-state index contributed by atoms with van der Waals surface area (Å²) in [5, 5.41) is 7.07. The maximum absolute atomic E-state index is 13.4. The van der Waals surface area contributed by atoms with Gasteiger partial charge in [0.05, 0.1) is 15.8 Å². The second-order valence-corrected chi connectivity index (χ2v) is 10.2. The summed E-state index contributed by atoms with van der Waals surface area (Å²) in [5.74, 6) is -0.0696. The van der Waals surface area contributed by atoms with E-state index in [1.165, 1.54) is 22.7 Å². The third kappa shape index (κ3) is 4.14. The third-order valence-electron chi connectivity index (χ3n) is 6.29. The highest BCUT2D eigenvalue weighted by molar-refractivity contribution is 7.12. The van der Waals surface area contributed by atoms with Gasteiger partial charge < -0.3 is 20.0 Å². The first-order valence-corrected chi connectivity index (χ1v) is 12.6. The van der Waals surface area contributed by atoms with Crippen molar-refractivity contribution in [3.05, 3.63) is 44.8 Å². The molecular formula is C22H26N4O3S2. The minimum atomic E-state index is -0.518. The van der Waals surface area contributed by atoms with E-state index in [4.69, 9.17) is 0 Å². The van der Waals surface area contributed by atoms with Crippen molar-refractivity contribution in [3.8, 4) is 0 Å². The highest BCUT2D eigenvalue weighted by Gasteiger charge is 2.48. The fraction of sp³-hybridized carbons (Fsp3) is 0.500. The number of rotatable bonds is 5. The van der Waals surface area contributed by atoms with Gasteiger partial charge in [-0.25, -0.2) is 0 Å². The maximum Gasteiger partial charge on any atom is 0.264 e. The lowest BCUT2D eigenvalue weighted by atomic mass is 10.1. The van der Waals surface area contributed by atoms with E-state index >= 15 is 0 Å². The van der Waals surface area contributed by atoms with Crippen molar-refractivity contribution in [1.82, 2.24) is 20.0 Å². The van der Waals surface area contributed by atoms with Gasteiger partial charge in [-0.2, -0.15) is 0 Å². The highest BCUT2D eigenvalue weighted by Crippen LogP contribution is 2.36. The summed E-state index contributed by atoms with van der Waals surface area (Å²) < 4.78 is 0. The number of amides is 3. The molecule has 0 spiro atoms. The Hall–Kier alpha value is -2.23. The van der Waals surface area contributed by atoms with Crippen LogP contribution in [0.15, 0.2) is 35.0 Å². The van der Waals surface area contributed by atoms with Crippen LogP contribution >= 0.6 is 22.7 Å². The molecule has 0 aromatic carbocycles. The average Bonchev–Trinajstić information content (AvgIpc) is 3.25. The zero-order valence-electron chi connectivity index (χ0n) is 17.2. The number of nitrogens with one attached hydrogen (secondary N) is 1. The minimum Gasteiger partial charge on any atom is -0.338 e. The van der Waals surface area contributed by atoms with Gasteiger partial charge in [-0.15, -0.1) is 22.7 Å². The molecule has 2 saturated heterocycles. The molecule has 4 heterocycles. The molecule has 3 fully saturated rings. The number of hydrogen-bond donors (Lipinski definition) is 1. The molecule has 2 unspecified atom stereocenters. The molecule has 0 radical (unpaired) electrons. The quantitative estimate of drug-likeness (QED) is 0.745. The number of nitrogens with zero attached hydrogens (tertiary/aromatic N) is 3. The molecule has 3 aliphatic rings. The van der Waals surface area contributed by atoms with Crippen LogP contribution in [-0.4, -0.2) is 83.3 Å². The van der Waals surface area contributed by atoms with Crippen molar-refractivity contribution >= 4 is 40.4 Å². The van der Waals surface area contributed by atoms with Gasteiger partial charge in [0.15, 0.2) is 0 Å². The largest absolute Gasteiger partial charge is 0.338 e. The van der Waals surface area contributed by atoms with E-state index in [1.54, 1.807) is 4.90 Å². The summed E-state index contributed by atoms with van der Waals surface area (Å²) in [7, 11) is 0. The van der Waals surface area contributed by atoms with E-state index in [0.717, 1.165) is 30.8 Å². The van der Waals surface area contributed by atoms with Gasteiger partial charge in [-0.3, -0.25) is 14.4 Å². The fourth-order valence-electron chi connectivity index (χ4n) is 4.62. The molecule has 2 aromatic heterocycles. The molecule has 31 heavy (non-hydrogen) atoms. The molecule has 1 aliphatic carbocycles. The number of likely N-dealkylation sites (tertiary alicyclic amines) is 1. The Morgan fingerprint density at radius 2 is 1.65 bits per heavy atom. The fourth-order valence-corrected chi connectivity index (χ4v) is 5.97. The monoisotopic (exact) mass is 458 g/mol. The first-order valence-electron chi connectivity index (χ1n) is 10.8. The van der Waals surface area contributed by atoms with Crippen LogP contribution in [0, 0.1) is 0 Å². The average molecular weight is 459 g/mol. The van der Waals surface area contributed by atoms with E-state index in [-0.39, 0.29) is 29.8 Å². The second kappa shape index (κ2) is 8.72. The Bertz CT molecular complexity index is 936. The van der Waals surface area contributed by atoms with Crippen LogP contribution in [-0.2, 0) is 4.79 Å². The SMILES string of the molecule is O=C(C1CC(N(C(=O)c2cccs2)C2CC2)CN1C(=O)c1cccs1)N1CCNCC1. The first-order chi connectivity index (χ1) is 15.1. The van der Waals surface area contributed by atoms with Gasteiger partial charge in [0.2, 0.25) is 5.91 Å². The molecule has 2 aliphatic heterocycles. The summed E-state index contributed by atoms with van der Waals surface area (Å²) in [6.07, 6.45) is 2.49. The summed E-state index contributed by atoms with van der Waals surface area (Å²) in [6, 6.07) is 6.97. The third-order valence-corrected chi connectivity index (χ3v) is 8.00. The Kier molecular flexibility index (Phi) is 5.81. The van der Waals surface area contributed by atoms with E-state index in [1.807, 2.05) is 44.8 Å². The summed E-state index contributed by atoms with van der Waals surface area (Å²) in [5.41, 5.74) is 0. The van der Waals surface area contributed by atoms with Crippen molar-refractivity contribution in [2.24, 2.45) is 0 Å². The van der Waals surface area contributed by atoms with Crippen LogP contribution in [0.1, 0.15) is 38.6 Å². The molecule has 1 N–H and O–H groups in total. The zero-order chi connectivity index (χ0) is 21.4. The van der Waals surface area contributed by atoms with E-state index < -0.39 is 6.04 Å². The van der Waals surface area contributed by atoms with Gasteiger partial charge >= 0.3 is 0 Å². The highest BCUT2D eigenvalue weighted by atomic mass is 32.1. The molecular weight excluding hydrogens is 432 g/mol. The predicted molar refractivity (Wildman–Crippen MR) is 121 cm³/mol. The summed E-state index contributed by atoms with van der Waals surface area (Å²) >= 11 is 2.84. The van der Waals surface area contributed by atoms with Gasteiger partial charge in [0.1, 0.15) is 6.04 Å². The Balaban J connectivity index is 1.42. The van der Waals surface area contributed by atoms with Crippen molar-refractivity contribution in [2.75, 3.05) is 32.7 Å². The molecule has 3 amide bonds. The molecule has 2 atom stereocenters. The molecule has 1 saturated carbocycles. The zero-order valence-corrected chi connectivity index (χ0v) is 18.9. The van der Waals surface area contributed by atoms with Crippen molar-refractivity contribution in [3.63, 3.8) is 0 Å². The molecule has 5 rings (SSSR count). The lowest BCUT2D eigenvalue weighted by molar-refractivity contribution is -0.135. The summed E-state index contributed by atoms with van der Waals surface area (Å²) in [4.78, 5) is 47.0. The predicted octanol–water partition coefficient (Wildman–Crippen LogP) is 2.13. The minimum absolute atomic E-state index is 0.00762. The first kappa shape index (κ1) is 20.7. The van der Waals surface area contributed by atoms with Crippen LogP contribution in [0.4, 0.5) is 0 Å². The normalized spacial score (nSPS) is 23.7. The van der Waals surface area contributed by atoms with Crippen LogP contribution in [0.2, 0.25) is 0 Å². The molecule has 7 nitrogen and oxygen atoms in total. The van der Waals surface area contributed by atoms with Crippen LogP contribution in [0.5, 0.6) is 0 Å². The van der Waals surface area contributed by atoms with E-state index in [9.17, 15) is 14.4 Å². The van der Waals surface area contributed by atoms with Crippen LogP contribution in [0.25, 0.3) is 0 Å². The van der Waals surface area contributed by atoms with Gasteiger partial charge in [-0.05, 0) is 42.2 Å². The second-order valence-electron chi connectivity index (χ2n) is 8.34.